The van der Waals surface area contributed by atoms with E-state index in [9.17, 15) is 4.79 Å². The molecule has 0 saturated heterocycles. The van der Waals surface area contributed by atoms with E-state index in [1.54, 1.807) is 6.07 Å². The summed E-state index contributed by atoms with van der Waals surface area (Å²) in [5.74, 6) is 0.977. The molecule has 0 unspecified atom stereocenters. The van der Waals surface area contributed by atoms with Gasteiger partial charge in [-0.3, -0.25) is 0 Å². The second kappa shape index (κ2) is 7.00. The molecule has 0 aliphatic rings. The number of benzene rings is 2. The fraction of sp³-hybridized carbons (Fsp3) is 0.105. The molecule has 6 heteroatoms. The van der Waals surface area contributed by atoms with Crippen molar-refractivity contribution in [1.29, 1.82) is 0 Å². The Morgan fingerprint density at radius 1 is 1.00 bits per heavy atom. The van der Waals surface area contributed by atoms with Crippen LogP contribution in [0.25, 0.3) is 11.4 Å². The van der Waals surface area contributed by atoms with E-state index in [0.717, 1.165) is 16.7 Å². The topological polar surface area (TPSA) is 81.5 Å². The molecular formula is C19H16N2O4. The van der Waals surface area contributed by atoms with Crippen LogP contribution < -0.4 is 9.47 Å². The quantitative estimate of drug-likeness (QED) is 0.701. The van der Waals surface area contributed by atoms with E-state index < -0.39 is 6.16 Å². The fourth-order valence-electron chi connectivity index (χ4n) is 2.26. The molecular weight excluding hydrogens is 320 g/mol. The Morgan fingerprint density at radius 2 is 1.76 bits per heavy atom. The van der Waals surface area contributed by atoms with Gasteiger partial charge in [-0.25, -0.2) is 9.78 Å². The SMILES string of the molecule is Cc1cccc(Oc2nc(-c3ccccc3)ncc2OC(=O)O)c1C. The van der Waals surface area contributed by atoms with Crippen molar-refractivity contribution in [3.63, 3.8) is 0 Å². The first-order chi connectivity index (χ1) is 12.0. The third-order valence-electron chi connectivity index (χ3n) is 3.71. The number of carboxylic acid groups (broad SMARTS) is 1. The predicted molar refractivity (Wildman–Crippen MR) is 92.1 cm³/mol. The van der Waals surface area contributed by atoms with Gasteiger partial charge in [-0.2, -0.15) is 4.98 Å². The maximum Gasteiger partial charge on any atom is 0.511 e. The van der Waals surface area contributed by atoms with E-state index in [-0.39, 0.29) is 11.6 Å². The summed E-state index contributed by atoms with van der Waals surface area (Å²) in [5.41, 5.74) is 2.77. The number of aryl methyl sites for hydroxylation is 1. The van der Waals surface area contributed by atoms with Gasteiger partial charge in [0.15, 0.2) is 5.82 Å². The van der Waals surface area contributed by atoms with Crippen LogP contribution in [0.2, 0.25) is 0 Å². The average Bonchev–Trinajstić information content (AvgIpc) is 2.61. The van der Waals surface area contributed by atoms with Crippen LogP contribution >= 0.6 is 0 Å². The highest BCUT2D eigenvalue weighted by Crippen LogP contribution is 2.33. The third kappa shape index (κ3) is 3.74. The summed E-state index contributed by atoms with van der Waals surface area (Å²) in [6.07, 6.45) is -0.161. The normalized spacial score (nSPS) is 10.3. The number of nitrogens with zero attached hydrogens (tertiary/aromatic N) is 2. The third-order valence-corrected chi connectivity index (χ3v) is 3.71. The van der Waals surface area contributed by atoms with Crippen molar-refractivity contribution in [2.24, 2.45) is 0 Å². The molecule has 0 spiro atoms. The van der Waals surface area contributed by atoms with Crippen LogP contribution in [-0.4, -0.2) is 21.2 Å². The van der Waals surface area contributed by atoms with Gasteiger partial charge >= 0.3 is 6.16 Å². The number of carbonyl (C=O) groups is 1. The van der Waals surface area contributed by atoms with Crippen LogP contribution in [-0.2, 0) is 0 Å². The van der Waals surface area contributed by atoms with Gasteiger partial charge in [0.05, 0.1) is 6.20 Å². The van der Waals surface area contributed by atoms with E-state index in [2.05, 4.69) is 9.97 Å². The lowest BCUT2D eigenvalue weighted by Gasteiger charge is -2.13. The minimum Gasteiger partial charge on any atom is -0.449 e. The zero-order valence-corrected chi connectivity index (χ0v) is 13.8. The van der Waals surface area contributed by atoms with Crippen LogP contribution in [0.4, 0.5) is 4.79 Å². The van der Waals surface area contributed by atoms with E-state index in [1.807, 2.05) is 56.3 Å². The molecule has 6 nitrogen and oxygen atoms in total. The zero-order valence-electron chi connectivity index (χ0n) is 13.8. The smallest absolute Gasteiger partial charge is 0.449 e. The van der Waals surface area contributed by atoms with E-state index in [0.29, 0.717) is 11.6 Å². The van der Waals surface area contributed by atoms with Gasteiger partial charge in [0.1, 0.15) is 5.75 Å². The first-order valence-corrected chi connectivity index (χ1v) is 7.62. The molecule has 3 aromatic rings. The van der Waals surface area contributed by atoms with Crippen LogP contribution in [0.1, 0.15) is 11.1 Å². The number of hydrogen-bond donors (Lipinski definition) is 1. The molecule has 0 radical (unpaired) electrons. The minimum atomic E-state index is -1.46. The predicted octanol–water partition coefficient (Wildman–Crippen LogP) is 4.61. The lowest BCUT2D eigenvalue weighted by Crippen LogP contribution is -2.06. The molecule has 0 atom stereocenters. The molecule has 0 bridgehead atoms. The van der Waals surface area contributed by atoms with Gasteiger partial charge in [0.2, 0.25) is 5.75 Å². The van der Waals surface area contributed by atoms with Gasteiger partial charge < -0.3 is 14.6 Å². The highest BCUT2D eigenvalue weighted by atomic mass is 16.7. The summed E-state index contributed by atoms with van der Waals surface area (Å²) in [6, 6.07) is 14.9. The maximum atomic E-state index is 10.9. The van der Waals surface area contributed by atoms with E-state index >= 15 is 0 Å². The first kappa shape index (κ1) is 16.4. The number of ether oxygens (including phenoxy) is 2. The van der Waals surface area contributed by atoms with Crippen LogP contribution in [0.3, 0.4) is 0 Å². The van der Waals surface area contributed by atoms with Crippen molar-refractivity contribution in [3.8, 4) is 28.8 Å². The standard InChI is InChI=1S/C19H16N2O4/c1-12-7-6-10-15(13(12)2)24-18-16(25-19(22)23)11-20-17(21-18)14-8-4-3-5-9-14/h3-11H,1-2H3,(H,22,23). The van der Waals surface area contributed by atoms with Gasteiger partial charge in [-0.05, 0) is 31.0 Å². The van der Waals surface area contributed by atoms with Crippen molar-refractivity contribution in [2.45, 2.75) is 13.8 Å². The van der Waals surface area contributed by atoms with Crippen LogP contribution in [0.5, 0.6) is 17.4 Å². The molecule has 25 heavy (non-hydrogen) atoms. The van der Waals surface area contributed by atoms with Crippen molar-refractivity contribution in [1.82, 2.24) is 9.97 Å². The highest BCUT2D eigenvalue weighted by molar-refractivity contribution is 5.63. The van der Waals surface area contributed by atoms with Crippen molar-refractivity contribution in [2.75, 3.05) is 0 Å². The van der Waals surface area contributed by atoms with Crippen molar-refractivity contribution >= 4 is 6.16 Å². The second-order valence-corrected chi connectivity index (χ2v) is 5.40. The lowest BCUT2D eigenvalue weighted by atomic mass is 10.1. The summed E-state index contributed by atoms with van der Waals surface area (Å²) in [6.45, 7) is 3.88. The number of aromatic nitrogens is 2. The average molecular weight is 336 g/mol. The molecule has 2 aromatic carbocycles. The molecule has 1 heterocycles. The summed E-state index contributed by atoms with van der Waals surface area (Å²) in [7, 11) is 0. The molecule has 0 aliphatic carbocycles. The van der Waals surface area contributed by atoms with Crippen molar-refractivity contribution < 1.29 is 19.4 Å². The Balaban J connectivity index is 2.04. The van der Waals surface area contributed by atoms with E-state index in [4.69, 9.17) is 14.6 Å². The lowest BCUT2D eigenvalue weighted by molar-refractivity contribution is 0.142. The maximum absolute atomic E-state index is 10.9. The largest absolute Gasteiger partial charge is 0.511 e. The van der Waals surface area contributed by atoms with Crippen LogP contribution in [0.15, 0.2) is 54.7 Å². The fourth-order valence-corrected chi connectivity index (χ4v) is 2.26. The van der Waals surface area contributed by atoms with Gasteiger partial charge in [-0.15, -0.1) is 0 Å². The first-order valence-electron chi connectivity index (χ1n) is 7.62. The Bertz CT molecular complexity index is 911. The Morgan fingerprint density at radius 3 is 2.48 bits per heavy atom. The summed E-state index contributed by atoms with van der Waals surface area (Å²) >= 11 is 0. The van der Waals surface area contributed by atoms with Gasteiger partial charge in [0, 0.05) is 5.56 Å². The molecule has 1 aromatic heterocycles. The van der Waals surface area contributed by atoms with E-state index in [1.165, 1.54) is 6.20 Å². The number of rotatable bonds is 4. The van der Waals surface area contributed by atoms with Crippen molar-refractivity contribution in [3.05, 3.63) is 65.9 Å². The monoisotopic (exact) mass is 336 g/mol. The molecule has 3 rings (SSSR count). The molecule has 126 valence electrons. The minimum absolute atomic E-state index is 0.0463. The summed E-state index contributed by atoms with van der Waals surface area (Å²) < 4.78 is 10.6. The van der Waals surface area contributed by atoms with Gasteiger partial charge in [0.25, 0.3) is 5.88 Å². The Labute approximate surface area is 144 Å². The number of hydrogen-bond acceptors (Lipinski definition) is 5. The van der Waals surface area contributed by atoms with Gasteiger partial charge in [-0.1, -0.05) is 42.5 Å². The Kier molecular flexibility index (Phi) is 4.61. The summed E-state index contributed by atoms with van der Waals surface area (Å²) in [5, 5.41) is 8.91. The molecule has 1 N–H and O–H groups in total. The molecule has 0 amide bonds. The second-order valence-electron chi connectivity index (χ2n) is 5.40. The molecule has 0 fully saturated rings. The zero-order chi connectivity index (χ0) is 17.8. The molecule has 0 saturated carbocycles. The Hall–Kier alpha value is -3.41. The summed E-state index contributed by atoms with van der Waals surface area (Å²) in [4.78, 5) is 19.4. The molecule has 0 aliphatic heterocycles. The van der Waals surface area contributed by atoms with Crippen LogP contribution in [0, 0.1) is 13.8 Å². The highest BCUT2D eigenvalue weighted by Gasteiger charge is 2.16.